The van der Waals surface area contributed by atoms with E-state index in [1.165, 1.54) is 11.6 Å². The number of carboxylic acids is 1. The molecule has 0 aliphatic rings. The van der Waals surface area contributed by atoms with Crippen LogP contribution in [0.2, 0.25) is 0 Å². The maximum Gasteiger partial charge on any atom is 0.325 e. The number of hydrogen-bond acceptors (Lipinski definition) is 6. The van der Waals surface area contributed by atoms with E-state index in [-0.39, 0.29) is 18.0 Å². The maximum absolute atomic E-state index is 12.0. The van der Waals surface area contributed by atoms with E-state index in [0.29, 0.717) is 16.7 Å². The van der Waals surface area contributed by atoms with Gasteiger partial charge in [0.05, 0.1) is 5.52 Å². The second kappa shape index (κ2) is 6.64. The van der Waals surface area contributed by atoms with Gasteiger partial charge in [0.2, 0.25) is 0 Å². The summed E-state index contributed by atoms with van der Waals surface area (Å²) in [5, 5.41) is 23.4. The van der Waals surface area contributed by atoms with Gasteiger partial charge in [-0.3, -0.25) is 14.3 Å². The molecule has 0 aliphatic heterocycles. The lowest BCUT2D eigenvalue weighted by atomic mass is 10.0. The lowest BCUT2D eigenvalue weighted by Gasteiger charge is -2.08. The number of carboxylic acid groups (broad SMARTS) is 1. The Morgan fingerprint density at radius 1 is 1.19 bits per heavy atom. The number of ketones is 1. The Bertz CT molecular complexity index is 1010. The van der Waals surface area contributed by atoms with Crippen LogP contribution in [0.4, 0.5) is 0 Å². The number of aromatic nitrogens is 4. The Morgan fingerprint density at radius 2 is 1.85 bits per heavy atom. The smallest absolute Gasteiger partial charge is 0.325 e. The molecule has 1 aromatic carbocycles. The number of aliphatic carboxylic acids is 1. The van der Waals surface area contributed by atoms with Crippen molar-refractivity contribution in [3.05, 3.63) is 41.6 Å². The van der Waals surface area contributed by atoms with Gasteiger partial charge in [-0.25, -0.2) is 9.97 Å². The molecule has 26 heavy (non-hydrogen) atoms. The first-order chi connectivity index (χ1) is 12.3. The molecule has 2 N–H and O–H groups in total. The van der Waals surface area contributed by atoms with Crippen LogP contribution in [0.1, 0.15) is 41.8 Å². The lowest BCUT2D eigenvalue weighted by Crippen LogP contribution is -2.11. The maximum atomic E-state index is 12.0. The summed E-state index contributed by atoms with van der Waals surface area (Å²) in [4.78, 5) is 31.3. The molecular formula is C18H18N4O4. The van der Waals surface area contributed by atoms with Gasteiger partial charge in [0.1, 0.15) is 18.3 Å². The van der Waals surface area contributed by atoms with Crippen LogP contribution in [-0.4, -0.2) is 41.7 Å². The average Bonchev–Trinajstić information content (AvgIpc) is 2.93. The van der Waals surface area contributed by atoms with E-state index in [9.17, 15) is 14.7 Å². The molecule has 0 spiro atoms. The molecule has 0 fully saturated rings. The molecule has 8 nitrogen and oxygen atoms in total. The van der Waals surface area contributed by atoms with Crippen molar-refractivity contribution in [1.82, 2.24) is 19.7 Å². The highest BCUT2D eigenvalue weighted by Crippen LogP contribution is 2.29. The van der Waals surface area contributed by atoms with Gasteiger partial charge in [0.25, 0.3) is 0 Å². The zero-order chi connectivity index (χ0) is 19.0. The third-order valence-corrected chi connectivity index (χ3v) is 4.03. The Morgan fingerprint density at radius 3 is 2.38 bits per heavy atom. The summed E-state index contributed by atoms with van der Waals surface area (Å²) < 4.78 is 1.33. The van der Waals surface area contributed by atoms with Gasteiger partial charge in [-0.2, -0.15) is 5.10 Å². The Labute approximate surface area is 149 Å². The van der Waals surface area contributed by atoms with Crippen LogP contribution in [0.15, 0.2) is 24.5 Å². The predicted molar refractivity (Wildman–Crippen MR) is 93.8 cm³/mol. The number of rotatable bonds is 5. The van der Waals surface area contributed by atoms with Gasteiger partial charge in [-0.15, -0.1) is 0 Å². The van der Waals surface area contributed by atoms with E-state index in [1.807, 2.05) is 13.0 Å². The minimum atomic E-state index is -1.03. The van der Waals surface area contributed by atoms with Crippen molar-refractivity contribution in [1.29, 1.82) is 0 Å². The fourth-order valence-electron chi connectivity index (χ4n) is 2.90. The van der Waals surface area contributed by atoms with Crippen LogP contribution in [0.5, 0.6) is 0 Å². The van der Waals surface area contributed by atoms with Gasteiger partial charge in [0, 0.05) is 30.3 Å². The van der Waals surface area contributed by atoms with E-state index in [1.54, 1.807) is 25.4 Å². The molecule has 134 valence electrons. The van der Waals surface area contributed by atoms with Crippen LogP contribution in [0.25, 0.3) is 22.0 Å². The molecule has 2 heterocycles. The highest BCUT2D eigenvalue weighted by atomic mass is 16.4. The fourth-order valence-corrected chi connectivity index (χ4v) is 2.90. The molecule has 0 radical (unpaired) electrons. The first kappa shape index (κ1) is 17.7. The first-order valence-corrected chi connectivity index (χ1v) is 8.02. The summed E-state index contributed by atoms with van der Waals surface area (Å²) in [5.74, 6) is -0.947. The molecule has 3 rings (SSSR count). The Hall–Kier alpha value is -3.13. The quantitative estimate of drug-likeness (QED) is 0.674. The number of aliphatic hydroxyl groups excluding tert-OH is 1. The highest BCUT2D eigenvalue weighted by Gasteiger charge is 2.19. The average molecular weight is 354 g/mol. The number of Topliss-reactive ketones (excluding diaryl/α,β-unsaturated/α-hetero) is 1. The van der Waals surface area contributed by atoms with Crippen molar-refractivity contribution in [2.75, 3.05) is 0 Å². The van der Waals surface area contributed by atoms with Crippen LogP contribution in [0.3, 0.4) is 0 Å². The molecule has 1 unspecified atom stereocenters. The van der Waals surface area contributed by atoms with E-state index in [2.05, 4.69) is 15.1 Å². The number of aryl methyl sites for hydroxylation is 1. The topological polar surface area (TPSA) is 118 Å². The van der Waals surface area contributed by atoms with Gasteiger partial charge in [-0.05, 0) is 37.1 Å². The molecule has 0 aliphatic carbocycles. The molecule has 1 atom stereocenters. The number of carbonyl (C=O) groups is 2. The number of benzene rings is 1. The van der Waals surface area contributed by atoms with Crippen molar-refractivity contribution in [2.24, 2.45) is 0 Å². The van der Waals surface area contributed by atoms with Crippen molar-refractivity contribution in [2.45, 2.75) is 33.4 Å². The van der Waals surface area contributed by atoms with Crippen LogP contribution >= 0.6 is 0 Å². The van der Waals surface area contributed by atoms with Crippen LogP contribution in [0, 0.1) is 6.92 Å². The summed E-state index contributed by atoms with van der Waals surface area (Å²) in [6.07, 6.45) is 2.45. The van der Waals surface area contributed by atoms with E-state index < -0.39 is 12.1 Å². The number of nitrogens with zero attached hydrogens (tertiary/aromatic N) is 4. The normalized spacial score (nSPS) is 12.3. The van der Waals surface area contributed by atoms with Crippen molar-refractivity contribution in [3.63, 3.8) is 0 Å². The summed E-state index contributed by atoms with van der Waals surface area (Å²) in [6, 6.07) is 3.65. The minimum Gasteiger partial charge on any atom is -0.480 e. The summed E-state index contributed by atoms with van der Waals surface area (Å²) in [5.41, 5.74) is 3.14. The van der Waals surface area contributed by atoms with Crippen molar-refractivity contribution < 1.29 is 19.8 Å². The third-order valence-electron chi connectivity index (χ3n) is 4.03. The van der Waals surface area contributed by atoms with Crippen LogP contribution in [-0.2, 0) is 11.3 Å². The number of carbonyl (C=O) groups excluding carboxylic acids is 1. The van der Waals surface area contributed by atoms with E-state index in [0.717, 1.165) is 16.7 Å². The van der Waals surface area contributed by atoms with Crippen LogP contribution < -0.4 is 0 Å². The highest BCUT2D eigenvalue weighted by molar-refractivity contribution is 6.06. The molecule has 8 heteroatoms. The largest absolute Gasteiger partial charge is 0.480 e. The molecule has 0 saturated carbocycles. The molecular weight excluding hydrogens is 336 g/mol. The van der Waals surface area contributed by atoms with E-state index >= 15 is 0 Å². The van der Waals surface area contributed by atoms with Gasteiger partial charge >= 0.3 is 5.97 Å². The zero-order valence-corrected chi connectivity index (χ0v) is 14.6. The second-order valence-electron chi connectivity index (χ2n) is 6.15. The molecule has 3 aromatic rings. The minimum absolute atomic E-state index is 0.229. The Kier molecular flexibility index (Phi) is 4.52. The standard InChI is InChI=1S/C18H18N4O4/c1-9-4-12(13-6-19-18(11(3)24)20-7-13)5-14-16(10(2)23)21-22(17(9)14)8-15(25)26/h4-7,11,24H,8H2,1-3H3,(H,25,26). The van der Waals surface area contributed by atoms with Gasteiger partial charge < -0.3 is 10.2 Å². The fraction of sp³-hybridized carbons (Fsp3) is 0.278. The third kappa shape index (κ3) is 3.18. The number of aliphatic hydroxyl groups is 1. The monoisotopic (exact) mass is 354 g/mol. The summed E-state index contributed by atoms with van der Waals surface area (Å²) >= 11 is 0. The van der Waals surface area contributed by atoms with Gasteiger partial charge in [-0.1, -0.05) is 0 Å². The van der Waals surface area contributed by atoms with E-state index in [4.69, 9.17) is 5.11 Å². The van der Waals surface area contributed by atoms with Crippen molar-refractivity contribution in [3.8, 4) is 11.1 Å². The zero-order valence-electron chi connectivity index (χ0n) is 14.6. The molecule has 0 amide bonds. The Balaban J connectivity index is 2.19. The number of fused-ring (bicyclic) bond motifs is 1. The lowest BCUT2D eigenvalue weighted by molar-refractivity contribution is -0.137. The molecule has 0 saturated heterocycles. The summed E-state index contributed by atoms with van der Waals surface area (Å²) in [7, 11) is 0. The summed E-state index contributed by atoms with van der Waals surface area (Å²) in [6.45, 7) is 4.49. The molecule has 2 aromatic heterocycles. The predicted octanol–water partition coefficient (Wildman–Crippen LogP) is 2.14. The second-order valence-corrected chi connectivity index (χ2v) is 6.15. The van der Waals surface area contributed by atoms with Crippen molar-refractivity contribution >= 4 is 22.7 Å². The SMILES string of the molecule is CC(=O)c1nn(CC(=O)O)c2c(C)cc(-c3cnc(C(C)O)nc3)cc12. The van der Waals surface area contributed by atoms with Gasteiger partial charge in [0.15, 0.2) is 11.6 Å². The molecule has 0 bridgehead atoms. The first-order valence-electron chi connectivity index (χ1n) is 8.02. The number of hydrogen-bond donors (Lipinski definition) is 2.